The second-order valence-corrected chi connectivity index (χ2v) is 5.56. The maximum Gasteiger partial charge on any atom is 0.408 e. The molecule has 0 saturated carbocycles. The van der Waals surface area contributed by atoms with E-state index in [0.717, 1.165) is 0 Å². The van der Waals surface area contributed by atoms with Gasteiger partial charge in [-0.05, 0) is 27.2 Å². The minimum Gasteiger partial charge on any atom is -0.444 e. The highest BCUT2D eigenvalue weighted by Crippen LogP contribution is 2.10. The van der Waals surface area contributed by atoms with Crippen LogP contribution in [0.25, 0.3) is 0 Å². The molecule has 1 amide bonds. The smallest absolute Gasteiger partial charge is 0.408 e. The number of carbonyl (C=O) groups is 2. The molecule has 0 fully saturated rings. The Morgan fingerprint density at radius 1 is 1.50 bits per heavy atom. The maximum atomic E-state index is 12.0. The number of nitrogens with one attached hydrogen (secondary N) is 1. The van der Waals surface area contributed by atoms with Crippen molar-refractivity contribution in [2.75, 3.05) is 0 Å². The summed E-state index contributed by atoms with van der Waals surface area (Å²) in [6, 6.07) is -0.595. The fraction of sp³-hybridized carbons (Fsp3) is 0.583. The standard InChI is InChI=1S/C12H18N2O3S/c1-5-8(10(15)9-6-18-7-13-9)14-11(16)17-12(2,3)4/h6-8H,5H2,1-4H3,(H,14,16)/t8-/m0/s1. The molecule has 100 valence electrons. The summed E-state index contributed by atoms with van der Waals surface area (Å²) in [5.74, 6) is -0.190. The Morgan fingerprint density at radius 2 is 2.17 bits per heavy atom. The van der Waals surface area contributed by atoms with Gasteiger partial charge in [0.05, 0.1) is 11.6 Å². The van der Waals surface area contributed by atoms with Gasteiger partial charge in [-0.2, -0.15) is 0 Å². The molecule has 1 aromatic heterocycles. The van der Waals surface area contributed by atoms with Crippen LogP contribution in [0.15, 0.2) is 10.9 Å². The number of amides is 1. The Balaban J connectivity index is 2.63. The van der Waals surface area contributed by atoms with Crippen LogP contribution in [0.2, 0.25) is 0 Å². The van der Waals surface area contributed by atoms with Gasteiger partial charge in [-0.1, -0.05) is 6.92 Å². The van der Waals surface area contributed by atoms with Crippen molar-refractivity contribution in [1.29, 1.82) is 0 Å². The number of rotatable bonds is 4. The molecule has 0 saturated heterocycles. The summed E-state index contributed by atoms with van der Waals surface area (Å²) in [5, 5.41) is 4.23. The highest BCUT2D eigenvalue weighted by atomic mass is 32.1. The van der Waals surface area contributed by atoms with Gasteiger partial charge < -0.3 is 10.1 Å². The van der Waals surface area contributed by atoms with Crippen LogP contribution in [0.1, 0.15) is 44.6 Å². The normalized spacial score (nSPS) is 12.9. The average Bonchev–Trinajstić information content (AvgIpc) is 2.75. The molecule has 0 aliphatic carbocycles. The van der Waals surface area contributed by atoms with E-state index >= 15 is 0 Å². The van der Waals surface area contributed by atoms with Crippen molar-refractivity contribution in [3.63, 3.8) is 0 Å². The second kappa shape index (κ2) is 5.95. The summed E-state index contributed by atoms with van der Waals surface area (Å²) in [6.07, 6.45) is -0.0896. The lowest BCUT2D eigenvalue weighted by Gasteiger charge is -2.22. The third-order valence-electron chi connectivity index (χ3n) is 2.10. The molecule has 0 bridgehead atoms. The van der Waals surface area contributed by atoms with Crippen molar-refractivity contribution in [3.05, 3.63) is 16.6 Å². The van der Waals surface area contributed by atoms with E-state index in [1.54, 1.807) is 31.7 Å². The molecule has 1 aromatic rings. The summed E-state index contributed by atoms with van der Waals surface area (Å²) in [6.45, 7) is 7.15. The third kappa shape index (κ3) is 4.44. The average molecular weight is 270 g/mol. The molecule has 0 spiro atoms. The van der Waals surface area contributed by atoms with Crippen LogP contribution >= 0.6 is 11.3 Å². The molecule has 1 heterocycles. The van der Waals surface area contributed by atoms with Crippen molar-refractivity contribution >= 4 is 23.2 Å². The number of ketones is 1. The Labute approximate surface area is 111 Å². The Bertz CT molecular complexity index is 409. The van der Waals surface area contributed by atoms with Gasteiger partial charge in [0.2, 0.25) is 5.78 Å². The predicted molar refractivity (Wildman–Crippen MR) is 69.9 cm³/mol. The van der Waals surface area contributed by atoms with E-state index in [-0.39, 0.29) is 5.78 Å². The summed E-state index contributed by atoms with van der Waals surface area (Å²) in [4.78, 5) is 27.6. The van der Waals surface area contributed by atoms with Gasteiger partial charge in [0.25, 0.3) is 0 Å². The van der Waals surface area contributed by atoms with Crippen molar-refractivity contribution in [3.8, 4) is 0 Å². The van der Waals surface area contributed by atoms with Crippen molar-refractivity contribution < 1.29 is 14.3 Å². The number of hydrogen-bond acceptors (Lipinski definition) is 5. The highest BCUT2D eigenvalue weighted by Gasteiger charge is 2.24. The van der Waals surface area contributed by atoms with Crippen LogP contribution in [0.3, 0.4) is 0 Å². The minimum atomic E-state index is -0.595. The lowest BCUT2D eigenvalue weighted by atomic mass is 10.1. The first-order chi connectivity index (χ1) is 8.33. The molecule has 0 unspecified atom stereocenters. The Kier molecular flexibility index (Phi) is 4.84. The first-order valence-corrected chi connectivity index (χ1v) is 6.69. The summed E-state index contributed by atoms with van der Waals surface area (Å²) >= 11 is 1.35. The van der Waals surface area contributed by atoms with E-state index in [9.17, 15) is 9.59 Å². The molecule has 1 rings (SSSR count). The third-order valence-corrected chi connectivity index (χ3v) is 2.69. The maximum absolute atomic E-state index is 12.0. The number of alkyl carbamates (subject to hydrolysis) is 1. The molecule has 1 N–H and O–H groups in total. The van der Waals surface area contributed by atoms with Crippen LogP contribution in [-0.4, -0.2) is 28.5 Å². The van der Waals surface area contributed by atoms with Crippen LogP contribution in [0.5, 0.6) is 0 Å². The van der Waals surface area contributed by atoms with Gasteiger partial charge in [0, 0.05) is 5.38 Å². The van der Waals surface area contributed by atoms with Gasteiger partial charge in [0.15, 0.2) is 0 Å². The number of carbonyl (C=O) groups excluding carboxylic acids is 2. The lowest BCUT2D eigenvalue weighted by molar-refractivity contribution is 0.0490. The van der Waals surface area contributed by atoms with E-state index in [2.05, 4.69) is 10.3 Å². The van der Waals surface area contributed by atoms with E-state index in [1.807, 2.05) is 6.92 Å². The van der Waals surface area contributed by atoms with E-state index in [0.29, 0.717) is 12.1 Å². The molecular weight excluding hydrogens is 252 g/mol. The number of hydrogen-bond donors (Lipinski definition) is 1. The van der Waals surface area contributed by atoms with Crippen molar-refractivity contribution in [1.82, 2.24) is 10.3 Å². The molecule has 0 aliphatic heterocycles. The first-order valence-electron chi connectivity index (χ1n) is 5.75. The number of thiazole rings is 1. The van der Waals surface area contributed by atoms with Gasteiger partial charge >= 0.3 is 6.09 Å². The van der Waals surface area contributed by atoms with E-state index in [1.165, 1.54) is 11.3 Å². The van der Waals surface area contributed by atoms with Crippen molar-refractivity contribution in [2.24, 2.45) is 0 Å². The minimum absolute atomic E-state index is 0.190. The van der Waals surface area contributed by atoms with Gasteiger partial charge in [-0.15, -0.1) is 11.3 Å². The zero-order chi connectivity index (χ0) is 13.8. The summed E-state index contributed by atoms with van der Waals surface area (Å²) in [5.41, 5.74) is 1.39. The van der Waals surface area contributed by atoms with E-state index < -0.39 is 17.7 Å². The number of Topliss-reactive ketones (excluding diaryl/α,β-unsaturated/α-hetero) is 1. The first kappa shape index (κ1) is 14.6. The Morgan fingerprint density at radius 3 is 2.61 bits per heavy atom. The topological polar surface area (TPSA) is 68.3 Å². The number of nitrogens with zero attached hydrogens (tertiary/aromatic N) is 1. The van der Waals surface area contributed by atoms with Crippen LogP contribution in [-0.2, 0) is 4.74 Å². The largest absolute Gasteiger partial charge is 0.444 e. The molecule has 0 aromatic carbocycles. The SMILES string of the molecule is CC[C@H](NC(=O)OC(C)(C)C)C(=O)c1cscn1. The molecule has 0 aliphatic rings. The fourth-order valence-electron chi connectivity index (χ4n) is 1.32. The van der Waals surface area contributed by atoms with Gasteiger partial charge in [-0.25, -0.2) is 9.78 Å². The van der Waals surface area contributed by atoms with Crippen LogP contribution in [0, 0.1) is 0 Å². The van der Waals surface area contributed by atoms with Crippen molar-refractivity contribution in [2.45, 2.75) is 45.8 Å². The van der Waals surface area contributed by atoms with Gasteiger partial charge in [-0.3, -0.25) is 4.79 Å². The summed E-state index contributed by atoms with van der Waals surface area (Å²) in [7, 11) is 0. The fourth-order valence-corrected chi connectivity index (χ4v) is 1.86. The quantitative estimate of drug-likeness (QED) is 0.854. The molecular formula is C12H18N2O3S. The molecule has 1 atom stereocenters. The Hall–Kier alpha value is -1.43. The highest BCUT2D eigenvalue weighted by molar-refractivity contribution is 7.07. The molecule has 5 nitrogen and oxygen atoms in total. The van der Waals surface area contributed by atoms with Crippen LogP contribution in [0.4, 0.5) is 4.79 Å². The second-order valence-electron chi connectivity index (χ2n) is 4.84. The van der Waals surface area contributed by atoms with Gasteiger partial charge in [0.1, 0.15) is 11.3 Å². The molecule has 18 heavy (non-hydrogen) atoms. The van der Waals surface area contributed by atoms with E-state index in [4.69, 9.17) is 4.74 Å². The monoisotopic (exact) mass is 270 g/mol. The zero-order valence-electron chi connectivity index (χ0n) is 11.0. The number of ether oxygens (including phenoxy) is 1. The zero-order valence-corrected chi connectivity index (χ0v) is 11.8. The van der Waals surface area contributed by atoms with Crippen LogP contribution < -0.4 is 5.32 Å². The predicted octanol–water partition coefficient (Wildman–Crippen LogP) is 2.63. The lowest BCUT2D eigenvalue weighted by Crippen LogP contribution is -2.43. The molecule has 6 heteroatoms. The summed E-state index contributed by atoms with van der Waals surface area (Å²) < 4.78 is 5.12. The number of aromatic nitrogens is 1. The molecule has 0 radical (unpaired) electrons.